The van der Waals surface area contributed by atoms with E-state index in [0.717, 1.165) is 5.39 Å². The summed E-state index contributed by atoms with van der Waals surface area (Å²) in [5.74, 6) is -0.305. The highest BCUT2D eigenvalue weighted by molar-refractivity contribution is 6.35. The van der Waals surface area contributed by atoms with Gasteiger partial charge >= 0.3 is 0 Å². The molecule has 5 nitrogen and oxygen atoms in total. The number of benzene rings is 1. The summed E-state index contributed by atoms with van der Waals surface area (Å²) in [5.41, 5.74) is 1.61. The molecule has 1 amide bonds. The van der Waals surface area contributed by atoms with E-state index in [1.54, 1.807) is 12.1 Å². The van der Waals surface area contributed by atoms with Crippen LogP contribution in [0.25, 0.3) is 10.9 Å². The molecule has 0 unspecified atom stereocenters. The van der Waals surface area contributed by atoms with Crippen LogP contribution >= 0.6 is 11.6 Å². The molecule has 6 heteroatoms. The van der Waals surface area contributed by atoms with Crippen molar-refractivity contribution >= 4 is 28.4 Å². The van der Waals surface area contributed by atoms with E-state index in [2.05, 4.69) is 15.5 Å². The number of hydrogen-bond donors (Lipinski definition) is 1. The molecule has 1 N–H and O–H groups in total. The van der Waals surface area contributed by atoms with E-state index in [-0.39, 0.29) is 18.1 Å². The summed E-state index contributed by atoms with van der Waals surface area (Å²) in [6.07, 6.45) is 1.45. The number of halogens is 1. The second-order valence-electron chi connectivity index (χ2n) is 4.18. The first-order valence-corrected chi connectivity index (χ1v) is 6.34. The van der Waals surface area contributed by atoms with Crippen molar-refractivity contribution in [2.24, 2.45) is 0 Å². The van der Waals surface area contributed by atoms with Crippen molar-refractivity contribution in [3.05, 3.63) is 59.1 Å². The quantitative estimate of drug-likeness (QED) is 0.804. The molecule has 0 bridgehead atoms. The fourth-order valence-electron chi connectivity index (χ4n) is 1.84. The highest BCUT2D eigenvalue weighted by atomic mass is 35.5. The molecule has 0 aliphatic carbocycles. The van der Waals surface area contributed by atoms with E-state index < -0.39 is 0 Å². The van der Waals surface area contributed by atoms with Crippen molar-refractivity contribution < 1.29 is 9.32 Å². The van der Waals surface area contributed by atoms with Crippen LogP contribution in [0.15, 0.2) is 47.2 Å². The normalized spacial score (nSPS) is 10.7. The van der Waals surface area contributed by atoms with Crippen LogP contribution < -0.4 is 5.32 Å². The molecular weight excluding hydrogens is 278 g/mol. The molecule has 0 spiro atoms. The fraction of sp³-hybridized carbons (Fsp3) is 0.0714. The minimum Gasteiger partial charge on any atom is -0.364 e. The first-order valence-electron chi connectivity index (χ1n) is 5.97. The largest absolute Gasteiger partial charge is 0.364 e. The number of aromatic nitrogens is 2. The number of nitrogens with one attached hydrogen (secondary N) is 1. The van der Waals surface area contributed by atoms with Gasteiger partial charge in [-0.05, 0) is 12.1 Å². The SMILES string of the molecule is O=C(NCc1ccon1)c1cc(Cl)c2ccccc2n1. The predicted octanol–water partition coefficient (Wildman–Crippen LogP) is 2.81. The first-order chi connectivity index (χ1) is 9.74. The molecule has 3 rings (SSSR count). The third-order valence-corrected chi connectivity index (χ3v) is 3.13. The van der Waals surface area contributed by atoms with Gasteiger partial charge in [-0.3, -0.25) is 4.79 Å². The van der Waals surface area contributed by atoms with Gasteiger partial charge in [0.1, 0.15) is 17.7 Å². The van der Waals surface area contributed by atoms with Gasteiger partial charge in [0.05, 0.1) is 17.1 Å². The molecule has 0 saturated carbocycles. The van der Waals surface area contributed by atoms with E-state index in [4.69, 9.17) is 16.1 Å². The third-order valence-electron chi connectivity index (χ3n) is 2.82. The maximum absolute atomic E-state index is 12.0. The Morgan fingerprint density at radius 3 is 2.95 bits per heavy atom. The Hall–Kier alpha value is -2.40. The van der Waals surface area contributed by atoms with Gasteiger partial charge in [0.2, 0.25) is 0 Å². The van der Waals surface area contributed by atoms with Gasteiger partial charge in [0, 0.05) is 11.5 Å². The molecular formula is C14H10ClN3O2. The molecule has 0 radical (unpaired) electrons. The molecule has 2 heterocycles. The lowest BCUT2D eigenvalue weighted by atomic mass is 10.2. The van der Waals surface area contributed by atoms with Crippen LogP contribution in [0.5, 0.6) is 0 Å². The van der Waals surface area contributed by atoms with Gasteiger partial charge in [-0.15, -0.1) is 0 Å². The minimum absolute atomic E-state index is 0.275. The lowest BCUT2D eigenvalue weighted by Gasteiger charge is -2.05. The van der Waals surface area contributed by atoms with E-state index >= 15 is 0 Å². The number of carbonyl (C=O) groups is 1. The summed E-state index contributed by atoms with van der Waals surface area (Å²) in [5, 5.41) is 7.75. The number of rotatable bonds is 3. The lowest BCUT2D eigenvalue weighted by Crippen LogP contribution is -2.24. The van der Waals surface area contributed by atoms with Crippen molar-refractivity contribution in [1.82, 2.24) is 15.5 Å². The topological polar surface area (TPSA) is 68.0 Å². The average Bonchev–Trinajstić information content (AvgIpc) is 2.98. The molecule has 2 aromatic heterocycles. The molecule has 0 aliphatic rings. The Labute approximate surface area is 119 Å². The Balaban J connectivity index is 1.84. The zero-order valence-corrected chi connectivity index (χ0v) is 11.1. The van der Waals surface area contributed by atoms with Crippen molar-refractivity contribution in [3.63, 3.8) is 0 Å². The van der Waals surface area contributed by atoms with Crippen LogP contribution in [-0.2, 0) is 6.54 Å². The van der Waals surface area contributed by atoms with Gasteiger partial charge in [-0.2, -0.15) is 0 Å². The van der Waals surface area contributed by atoms with Crippen LogP contribution in [0.1, 0.15) is 16.2 Å². The maximum Gasteiger partial charge on any atom is 0.270 e. The number of carbonyl (C=O) groups excluding carboxylic acids is 1. The molecule has 1 aromatic carbocycles. The Morgan fingerprint density at radius 1 is 1.30 bits per heavy atom. The third kappa shape index (κ3) is 2.48. The summed E-state index contributed by atoms with van der Waals surface area (Å²) in [4.78, 5) is 16.3. The van der Waals surface area contributed by atoms with E-state index in [0.29, 0.717) is 16.2 Å². The first kappa shape index (κ1) is 12.6. The number of pyridine rings is 1. The number of nitrogens with zero attached hydrogens (tertiary/aromatic N) is 2. The van der Waals surface area contributed by atoms with Crippen LogP contribution in [0.3, 0.4) is 0 Å². The van der Waals surface area contributed by atoms with Crippen LogP contribution in [0.2, 0.25) is 5.02 Å². The Bertz CT molecular complexity index is 756. The zero-order valence-electron chi connectivity index (χ0n) is 10.3. The van der Waals surface area contributed by atoms with Gasteiger partial charge in [-0.25, -0.2) is 4.98 Å². The zero-order chi connectivity index (χ0) is 13.9. The maximum atomic E-state index is 12.0. The smallest absolute Gasteiger partial charge is 0.270 e. The van der Waals surface area contributed by atoms with Crippen molar-refractivity contribution in [2.45, 2.75) is 6.54 Å². The van der Waals surface area contributed by atoms with Gasteiger partial charge in [0.25, 0.3) is 5.91 Å². The van der Waals surface area contributed by atoms with Gasteiger partial charge < -0.3 is 9.84 Å². The van der Waals surface area contributed by atoms with E-state index in [1.807, 2.05) is 24.3 Å². The summed E-state index contributed by atoms with van der Waals surface area (Å²) < 4.78 is 4.69. The summed E-state index contributed by atoms with van der Waals surface area (Å²) >= 11 is 6.16. The number of fused-ring (bicyclic) bond motifs is 1. The van der Waals surface area contributed by atoms with E-state index in [9.17, 15) is 4.79 Å². The predicted molar refractivity (Wildman–Crippen MR) is 74.4 cm³/mol. The van der Waals surface area contributed by atoms with Crippen molar-refractivity contribution in [1.29, 1.82) is 0 Å². The Morgan fingerprint density at radius 2 is 2.15 bits per heavy atom. The average molecular weight is 288 g/mol. The molecule has 0 saturated heterocycles. The minimum atomic E-state index is -0.305. The summed E-state index contributed by atoms with van der Waals surface area (Å²) in [6, 6.07) is 10.6. The van der Waals surface area contributed by atoms with Gasteiger partial charge in [-0.1, -0.05) is 35.0 Å². The highest BCUT2D eigenvalue weighted by Gasteiger charge is 2.11. The van der Waals surface area contributed by atoms with E-state index in [1.165, 1.54) is 6.26 Å². The van der Waals surface area contributed by atoms with Crippen LogP contribution in [0, 0.1) is 0 Å². The Kier molecular flexibility index (Phi) is 3.35. The van der Waals surface area contributed by atoms with Crippen molar-refractivity contribution in [3.8, 4) is 0 Å². The standard InChI is InChI=1S/C14H10ClN3O2/c15-11-7-13(17-12-4-2-1-3-10(11)12)14(19)16-8-9-5-6-20-18-9/h1-7H,8H2,(H,16,19). The van der Waals surface area contributed by atoms with Gasteiger partial charge in [0.15, 0.2) is 0 Å². The number of para-hydroxylation sites is 1. The van der Waals surface area contributed by atoms with Crippen LogP contribution in [-0.4, -0.2) is 16.0 Å². The molecule has 0 atom stereocenters. The second kappa shape index (κ2) is 5.30. The monoisotopic (exact) mass is 287 g/mol. The summed E-state index contributed by atoms with van der Waals surface area (Å²) in [7, 11) is 0. The molecule has 0 fully saturated rings. The second-order valence-corrected chi connectivity index (χ2v) is 4.59. The highest BCUT2D eigenvalue weighted by Crippen LogP contribution is 2.22. The van der Waals surface area contributed by atoms with Crippen LogP contribution in [0.4, 0.5) is 0 Å². The number of amides is 1. The molecule has 3 aromatic rings. The summed E-state index contributed by atoms with van der Waals surface area (Å²) in [6.45, 7) is 0.279. The molecule has 0 aliphatic heterocycles. The van der Waals surface area contributed by atoms with Crippen molar-refractivity contribution in [2.75, 3.05) is 0 Å². The molecule has 20 heavy (non-hydrogen) atoms. The lowest BCUT2D eigenvalue weighted by molar-refractivity contribution is 0.0945. The molecule has 100 valence electrons. The fourth-order valence-corrected chi connectivity index (χ4v) is 2.10. The number of hydrogen-bond acceptors (Lipinski definition) is 4.